The molecule has 0 aliphatic carbocycles. The molecule has 0 radical (unpaired) electrons. The van der Waals surface area contributed by atoms with Gasteiger partial charge in [-0.1, -0.05) is 45.0 Å². The van der Waals surface area contributed by atoms with Crippen LogP contribution in [0.25, 0.3) is 0 Å². The van der Waals surface area contributed by atoms with Crippen molar-refractivity contribution in [2.24, 2.45) is 0 Å². The first kappa shape index (κ1) is 12.3. The zero-order chi connectivity index (χ0) is 11.1. The molecule has 15 heavy (non-hydrogen) atoms. The highest BCUT2D eigenvalue weighted by Crippen LogP contribution is 2.17. The van der Waals surface area contributed by atoms with Gasteiger partial charge in [-0.25, -0.2) is 0 Å². The molecule has 84 valence electrons. The lowest BCUT2D eigenvalue weighted by molar-refractivity contribution is 0.518. The predicted octanol–water partition coefficient (Wildman–Crippen LogP) is 3.70. The van der Waals surface area contributed by atoms with Crippen LogP contribution in [0.1, 0.15) is 50.8 Å². The summed E-state index contributed by atoms with van der Waals surface area (Å²) in [5.41, 5.74) is 2.84. The highest BCUT2D eigenvalue weighted by molar-refractivity contribution is 5.24. The standard InChI is InChI=1S/C14H23N/c1-4-11-15-14(6-3)13-9-7-12(5-2)8-10-13/h7-10,14-15H,4-6,11H2,1-3H3. The van der Waals surface area contributed by atoms with Crippen LogP contribution in [0.2, 0.25) is 0 Å². The van der Waals surface area contributed by atoms with Crippen LogP contribution in [0.3, 0.4) is 0 Å². The molecule has 1 unspecified atom stereocenters. The predicted molar refractivity (Wildman–Crippen MR) is 67.1 cm³/mol. The summed E-state index contributed by atoms with van der Waals surface area (Å²) in [5, 5.41) is 3.57. The van der Waals surface area contributed by atoms with E-state index in [2.05, 4.69) is 50.4 Å². The van der Waals surface area contributed by atoms with Crippen LogP contribution in [0.5, 0.6) is 0 Å². The van der Waals surface area contributed by atoms with Crippen molar-refractivity contribution in [3.63, 3.8) is 0 Å². The van der Waals surface area contributed by atoms with Crippen molar-refractivity contribution in [3.05, 3.63) is 35.4 Å². The second kappa shape index (κ2) is 6.62. The van der Waals surface area contributed by atoms with Crippen LogP contribution >= 0.6 is 0 Å². The fourth-order valence-electron chi connectivity index (χ4n) is 1.80. The van der Waals surface area contributed by atoms with E-state index < -0.39 is 0 Å². The van der Waals surface area contributed by atoms with Gasteiger partial charge in [-0.2, -0.15) is 0 Å². The van der Waals surface area contributed by atoms with E-state index in [9.17, 15) is 0 Å². The molecular formula is C14H23N. The number of nitrogens with one attached hydrogen (secondary N) is 1. The summed E-state index contributed by atoms with van der Waals surface area (Å²) in [6.45, 7) is 7.75. The number of rotatable bonds is 6. The third kappa shape index (κ3) is 3.67. The lowest BCUT2D eigenvalue weighted by Crippen LogP contribution is -2.21. The third-order valence-electron chi connectivity index (χ3n) is 2.84. The van der Waals surface area contributed by atoms with E-state index in [0.29, 0.717) is 6.04 Å². The molecule has 0 saturated carbocycles. The zero-order valence-electron chi connectivity index (χ0n) is 10.2. The average molecular weight is 205 g/mol. The van der Waals surface area contributed by atoms with E-state index in [-0.39, 0.29) is 0 Å². The smallest absolute Gasteiger partial charge is 0.0317 e. The molecule has 1 rings (SSSR count). The minimum Gasteiger partial charge on any atom is -0.310 e. The monoisotopic (exact) mass is 205 g/mol. The Balaban J connectivity index is 2.65. The van der Waals surface area contributed by atoms with Crippen molar-refractivity contribution in [2.45, 2.75) is 46.1 Å². The number of aryl methyl sites for hydroxylation is 1. The Kier molecular flexibility index (Phi) is 5.41. The van der Waals surface area contributed by atoms with Gasteiger partial charge >= 0.3 is 0 Å². The lowest BCUT2D eigenvalue weighted by atomic mass is 10.0. The topological polar surface area (TPSA) is 12.0 Å². The van der Waals surface area contributed by atoms with E-state index >= 15 is 0 Å². The number of hydrogen-bond donors (Lipinski definition) is 1. The van der Waals surface area contributed by atoms with Crippen molar-refractivity contribution in [2.75, 3.05) is 6.54 Å². The summed E-state index contributed by atoms with van der Waals surface area (Å²) >= 11 is 0. The summed E-state index contributed by atoms with van der Waals surface area (Å²) in [6, 6.07) is 9.53. The van der Waals surface area contributed by atoms with Crippen LogP contribution in [-0.4, -0.2) is 6.54 Å². The zero-order valence-corrected chi connectivity index (χ0v) is 10.2. The van der Waals surface area contributed by atoms with Crippen molar-refractivity contribution in [1.82, 2.24) is 5.32 Å². The third-order valence-corrected chi connectivity index (χ3v) is 2.84. The summed E-state index contributed by atoms with van der Waals surface area (Å²) in [4.78, 5) is 0. The first-order valence-electron chi connectivity index (χ1n) is 6.14. The Labute approximate surface area is 93.9 Å². The van der Waals surface area contributed by atoms with E-state index in [1.165, 1.54) is 17.5 Å². The Hall–Kier alpha value is -0.820. The van der Waals surface area contributed by atoms with Crippen LogP contribution < -0.4 is 5.32 Å². The average Bonchev–Trinajstić information content (AvgIpc) is 2.31. The molecule has 0 spiro atoms. The minimum absolute atomic E-state index is 0.524. The molecule has 0 saturated heterocycles. The van der Waals surface area contributed by atoms with Gasteiger partial charge in [0.05, 0.1) is 0 Å². The maximum atomic E-state index is 3.57. The molecule has 1 nitrogen and oxygen atoms in total. The lowest BCUT2D eigenvalue weighted by Gasteiger charge is -2.17. The molecule has 0 heterocycles. The summed E-state index contributed by atoms with van der Waals surface area (Å²) < 4.78 is 0. The molecule has 0 aromatic heterocycles. The van der Waals surface area contributed by atoms with Gasteiger partial charge in [0, 0.05) is 6.04 Å². The van der Waals surface area contributed by atoms with Gasteiger partial charge in [0.1, 0.15) is 0 Å². The van der Waals surface area contributed by atoms with Gasteiger partial charge in [-0.05, 0) is 36.9 Å². The highest BCUT2D eigenvalue weighted by atomic mass is 14.9. The van der Waals surface area contributed by atoms with Gasteiger partial charge < -0.3 is 5.32 Å². The second-order valence-corrected chi connectivity index (χ2v) is 4.01. The maximum absolute atomic E-state index is 3.57. The van der Waals surface area contributed by atoms with Crippen LogP contribution in [-0.2, 0) is 6.42 Å². The summed E-state index contributed by atoms with van der Waals surface area (Å²) in [6.07, 6.45) is 3.48. The fraction of sp³-hybridized carbons (Fsp3) is 0.571. The molecule has 1 N–H and O–H groups in total. The van der Waals surface area contributed by atoms with Gasteiger partial charge in [0.25, 0.3) is 0 Å². The van der Waals surface area contributed by atoms with E-state index in [1.54, 1.807) is 0 Å². The molecule has 0 bridgehead atoms. The molecule has 0 fully saturated rings. The molecule has 1 aromatic carbocycles. The molecule has 1 aromatic rings. The van der Waals surface area contributed by atoms with Crippen LogP contribution in [0, 0.1) is 0 Å². The highest BCUT2D eigenvalue weighted by Gasteiger charge is 2.06. The Morgan fingerprint density at radius 3 is 2.20 bits per heavy atom. The van der Waals surface area contributed by atoms with Gasteiger partial charge in [-0.15, -0.1) is 0 Å². The van der Waals surface area contributed by atoms with Crippen LogP contribution in [0.15, 0.2) is 24.3 Å². The molecule has 1 atom stereocenters. The van der Waals surface area contributed by atoms with E-state index in [4.69, 9.17) is 0 Å². The second-order valence-electron chi connectivity index (χ2n) is 4.01. The van der Waals surface area contributed by atoms with Gasteiger partial charge in [-0.3, -0.25) is 0 Å². The van der Waals surface area contributed by atoms with Crippen molar-refractivity contribution in [3.8, 4) is 0 Å². The molecule has 0 aliphatic rings. The van der Waals surface area contributed by atoms with Crippen molar-refractivity contribution in [1.29, 1.82) is 0 Å². The molecule has 1 heteroatoms. The Morgan fingerprint density at radius 2 is 1.73 bits per heavy atom. The normalized spacial score (nSPS) is 12.7. The largest absolute Gasteiger partial charge is 0.310 e. The first-order valence-corrected chi connectivity index (χ1v) is 6.14. The number of benzene rings is 1. The molecule has 0 amide bonds. The molecule has 0 aliphatic heterocycles. The van der Waals surface area contributed by atoms with Crippen LogP contribution in [0.4, 0.5) is 0 Å². The summed E-state index contributed by atoms with van der Waals surface area (Å²) in [5.74, 6) is 0. The van der Waals surface area contributed by atoms with Crippen molar-refractivity contribution < 1.29 is 0 Å². The van der Waals surface area contributed by atoms with Gasteiger partial charge in [0.15, 0.2) is 0 Å². The molecular weight excluding hydrogens is 182 g/mol. The first-order chi connectivity index (χ1) is 7.31. The van der Waals surface area contributed by atoms with E-state index in [1.807, 2.05) is 0 Å². The fourth-order valence-corrected chi connectivity index (χ4v) is 1.80. The SMILES string of the molecule is CCCNC(CC)c1ccc(CC)cc1. The van der Waals surface area contributed by atoms with E-state index in [0.717, 1.165) is 19.4 Å². The summed E-state index contributed by atoms with van der Waals surface area (Å²) in [7, 11) is 0. The van der Waals surface area contributed by atoms with Gasteiger partial charge in [0.2, 0.25) is 0 Å². The Bertz CT molecular complexity index is 263. The Morgan fingerprint density at radius 1 is 1.07 bits per heavy atom. The van der Waals surface area contributed by atoms with Crippen molar-refractivity contribution >= 4 is 0 Å². The minimum atomic E-state index is 0.524. The number of hydrogen-bond acceptors (Lipinski definition) is 1. The maximum Gasteiger partial charge on any atom is 0.0317 e. The quantitative estimate of drug-likeness (QED) is 0.746.